The first-order valence-corrected chi connectivity index (χ1v) is 7.42. The Balaban J connectivity index is 2.11. The van der Waals surface area contributed by atoms with Crippen molar-refractivity contribution >= 4 is 44.7 Å². The smallest absolute Gasteiger partial charge is 0.358 e. The van der Waals surface area contributed by atoms with E-state index in [1.54, 1.807) is 4.40 Å². The van der Waals surface area contributed by atoms with Crippen molar-refractivity contribution in [3.05, 3.63) is 60.3 Å². The van der Waals surface area contributed by atoms with Crippen LogP contribution in [0.15, 0.2) is 54.6 Å². The molecule has 0 unspecified atom stereocenters. The van der Waals surface area contributed by atoms with E-state index < -0.39 is 5.97 Å². The highest BCUT2D eigenvalue weighted by Crippen LogP contribution is 2.25. The lowest BCUT2D eigenvalue weighted by atomic mass is 10.2. The maximum absolute atomic E-state index is 11.7. The number of rotatable bonds is 1. The lowest BCUT2D eigenvalue weighted by Gasteiger charge is -2.06. The second kappa shape index (κ2) is 4.48. The molecule has 24 heavy (non-hydrogen) atoms. The maximum atomic E-state index is 11.7. The number of carboxylic acid groups (broad SMARTS) is 1. The lowest BCUT2D eigenvalue weighted by molar-refractivity contribution is 0.0692. The number of nitrogens with zero attached hydrogens (tertiary/aromatic N) is 4. The fraction of sp³-hybridized carbons (Fsp3) is 0. The second-order valence-electron chi connectivity index (χ2n) is 5.55. The first kappa shape index (κ1) is 13.0. The van der Waals surface area contributed by atoms with E-state index in [-0.39, 0.29) is 5.69 Å². The summed E-state index contributed by atoms with van der Waals surface area (Å²) in [6.07, 6.45) is 0. The summed E-state index contributed by atoms with van der Waals surface area (Å²) in [6, 6.07) is 17.1. The quantitative estimate of drug-likeness (QED) is 0.480. The number of carbonyl (C=O) groups is 1. The average Bonchev–Trinajstić information content (AvgIpc) is 2.99. The van der Waals surface area contributed by atoms with Crippen molar-refractivity contribution in [2.45, 2.75) is 0 Å². The molecule has 0 atom stereocenters. The minimum atomic E-state index is -1.11. The second-order valence-corrected chi connectivity index (χ2v) is 5.55. The Morgan fingerprint density at radius 1 is 0.833 bits per heavy atom. The number of pyridine rings is 1. The van der Waals surface area contributed by atoms with Gasteiger partial charge in [-0.3, -0.25) is 4.40 Å². The third-order valence-corrected chi connectivity index (χ3v) is 4.10. The molecule has 114 valence electrons. The van der Waals surface area contributed by atoms with Crippen molar-refractivity contribution in [2.24, 2.45) is 0 Å². The Morgan fingerprint density at radius 2 is 1.54 bits per heavy atom. The van der Waals surface area contributed by atoms with Gasteiger partial charge in [0, 0.05) is 5.39 Å². The molecule has 6 heteroatoms. The Bertz CT molecular complexity index is 1290. The predicted molar refractivity (Wildman–Crippen MR) is 90.3 cm³/mol. The summed E-state index contributed by atoms with van der Waals surface area (Å²) in [7, 11) is 0. The zero-order valence-corrected chi connectivity index (χ0v) is 12.3. The molecule has 3 heterocycles. The molecular formula is C18H10N4O2. The molecule has 0 amide bonds. The maximum Gasteiger partial charge on any atom is 0.358 e. The van der Waals surface area contributed by atoms with E-state index in [0.29, 0.717) is 22.3 Å². The summed E-state index contributed by atoms with van der Waals surface area (Å²) in [5.41, 5.74) is 3.71. The summed E-state index contributed by atoms with van der Waals surface area (Å²) in [6.45, 7) is 0. The standard InChI is InChI=1S/C18H10N4O2/c23-18(24)15-17-21-12-7-3-4-8-14(12)22(17)16-13(19-15)9-10-5-1-2-6-11(10)20-16/h1-9H,(H,23,24). The summed E-state index contributed by atoms with van der Waals surface area (Å²) in [5, 5.41) is 10.5. The molecule has 3 aromatic heterocycles. The monoisotopic (exact) mass is 314 g/mol. The van der Waals surface area contributed by atoms with Gasteiger partial charge in [0.15, 0.2) is 17.0 Å². The number of imidazole rings is 1. The van der Waals surface area contributed by atoms with Crippen LogP contribution in [-0.2, 0) is 0 Å². The molecule has 0 spiro atoms. The number of hydrogen-bond donors (Lipinski definition) is 1. The van der Waals surface area contributed by atoms with E-state index in [1.807, 2.05) is 54.6 Å². The molecule has 0 saturated carbocycles. The summed E-state index contributed by atoms with van der Waals surface area (Å²) in [5.74, 6) is -1.11. The summed E-state index contributed by atoms with van der Waals surface area (Å²) >= 11 is 0. The molecule has 0 aliphatic rings. The van der Waals surface area contributed by atoms with Crippen molar-refractivity contribution in [2.75, 3.05) is 0 Å². The van der Waals surface area contributed by atoms with Gasteiger partial charge >= 0.3 is 5.97 Å². The molecule has 0 fully saturated rings. The normalized spacial score (nSPS) is 11.7. The first-order valence-electron chi connectivity index (χ1n) is 7.42. The van der Waals surface area contributed by atoms with Gasteiger partial charge in [0.1, 0.15) is 5.52 Å². The average molecular weight is 314 g/mol. The fourth-order valence-corrected chi connectivity index (χ4v) is 3.05. The van der Waals surface area contributed by atoms with Crippen molar-refractivity contribution < 1.29 is 9.90 Å². The summed E-state index contributed by atoms with van der Waals surface area (Å²) in [4.78, 5) is 25.1. The predicted octanol–water partition coefficient (Wildman–Crippen LogP) is 3.28. The zero-order valence-electron chi connectivity index (χ0n) is 12.3. The molecule has 5 rings (SSSR count). The highest BCUT2D eigenvalue weighted by atomic mass is 16.4. The molecule has 0 bridgehead atoms. The van der Waals surface area contributed by atoms with Gasteiger partial charge < -0.3 is 5.11 Å². The van der Waals surface area contributed by atoms with Crippen LogP contribution >= 0.6 is 0 Å². The highest BCUT2D eigenvalue weighted by molar-refractivity contribution is 6.00. The molecule has 0 saturated heterocycles. The van der Waals surface area contributed by atoms with Gasteiger partial charge in [-0.1, -0.05) is 30.3 Å². The number of aromatic nitrogens is 4. The van der Waals surface area contributed by atoms with Crippen LogP contribution in [0.2, 0.25) is 0 Å². The lowest BCUT2D eigenvalue weighted by Crippen LogP contribution is -2.06. The van der Waals surface area contributed by atoms with E-state index in [1.165, 1.54) is 0 Å². The number of aromatic carboxylic acids is 1. The number of hydrogen-bond acceptors (Lipinski definition) is 4. The Hall–Kier alpha value is -3.54. The topological polar surface area (TPSA) is 80.4 Å². The SMILES string of the molecule is O=C(O)c1nc2cc3ccccc3nc2n2c1nc1ccccc12. The number of carboxylic acids is 1. The van der Waals surface area contributed by atoms with E-state index >= 15 is 0 Å². The van der Waals surface area contributed by atoms with Gasteiger partial charge in [0.25, 0.3) is 0 Å². The van der Waals surface area contributed by atoms with E-state index in [2.05, 4.69) is 9.97 Å². The van der Waals surface area contributed by atoms with Gasteiger partial charge in [-0.15, -0.1) is 0 Å². The van der Waals surface area contributed by atoms with Crippen LogP contribution in [0, 0.1) is 0 Å². The Labute approximate surface area is 135 Å². The van der Waals surface area contributed by atoms with Crippen LogP contribution < -0.4 is 0 Å². The van der Waals surface area contributed by atoms with Gasteiger partial charge in [-0.05, 0) is 24.3 Å². The number of fused-ring (bicyclic) bond motifs is 6. The molecule has 0 radical (unpaired) electrons. The fourth-order valence-electron chi connectivity index (χ4n) is 3.05. The molecular weight excluding hydrogens is 304 g/mol. The van der Waals surface area contributed by atoms with Crippen molar-refractivity contribution in [3.63, 3.8) is 0 Å². The van der Waals surface area contributed by atoms with Crippen LogP contribution in [0.1, 0.15) is 10.5 Å². The van der Waals surface area contributed by atoms with E-state index in [0.717, 1.165) is 16.4 Å². The van der Waals surface area contributed by atoms with Gasteiger partial charge in [-0.25, -0.2) is 19.7 Å². The number of para-hydroxylation sites is 3. The number of benzene rings is 2. The first-order chi connectivity index (χ1) is 11.7. The van der Waals surface area contributed by atoms with Crippen molar-refractivity contribution in [3.8, 4) is 0 Å². The molecule has 0 aliphatic heterocycles. The van der Waals surface area contributed by atoms with Crippen LogP contribution in [0.25, 0.3) is 38.7 Å². The van der Waals surface area contributed by atoms with Crippen LogP contribution in [-0.4, -0.2) is 30.4 Å². The van der Waals surface area contributed by atoms with E-state index in [9.17, 15) is 9.90 Å². The summed E-state index contributed by atoms with van der Waals surface area (Å²) < 4.78 is 1.77. The molecule has 0 aliphatic carbocycles. The largest absolute Gasteiger partial charge is 0.476 e. The zero-order chi connectivity index (χ0) is 16.3. The Kier molecular flexibility index (Phi) is 2.42. The van der Waals surface area contributed by atoms with Crippen LogP contribution in [0.5, 0.6) is 0 Å². The third kappa shape index (κ3) is 1.65. The minimum Gasteiger partial charge on any atom is -0.476 e. The van der Waals surface area contributed by atoms with Gasteiger partial charge in [-0.2, -0.15) is 0 Å². The molecule has 2 aromatic carbocycles. The van der Waals surface area contributed by atoms with Crippen LogP contribution in [0.4, 0.5) is 0 Å². The Morgan fingerprint density at radius 3 is 2.38 bits per heavy atom. The molecule has 6 nitrogen and oxygen atoms in total. The minimum absolute atomic E-state index is 0.0734. The highest BCUT2D eigenvalue weighted by Gasteiger charge is 2.19. The van der Waals surface area contributed by atoms with Gasteiger partial charge in [0.05, 0.1) is 16.6 Å². The molecule has 5 aromatic rings. The van der Waals surface area contributed by atoms with E-state index in [4.69, 9.17) is 4.98 Å². The molecule has 1 N–H and O–H groups in total. The van der Waals surface area contributed by atoms with Gasteiger partial charge in [0.2, 0.25) is 0 Å². The third-order valence-electron chi connectivity index (χ3n) is 4.10. The van der Waals surface area contributed by atoms with Crippen molar-refractivity contribution in [1.29, 1.82) is 0 Å². The van der Waals surface area contributed by atoms with Crippen LogP contribution in [0.3, 0.4) is 0 Å². The van der Waals surface area contributed by atoms with Crippen molar-refractivity contribution in [1.82, 2.24) is 19.4 Å².